The Morgan fingerprint density at radius 2 is 1.29 bits per heavy atom. The molecule has 0 bridgehead atoms. The van der Waals surface area contributed by atoms with Crippen molar-refractivity contribution in [2.24, 2.45) is 0 Å². The van der Waals surface area contributed by atoms with Gasteiger partial charge in [-0.2, -0.15) is 0 Å². The third-order valence-electron chi connectivity index (χ3n) is 6.03. The van der Waals surface area contributed by atoms with Crippen molar-refractivity contribution in [1.29, 1.82) is 0 Å². The molecule has 0 aliphatic heterocycles. The first-order valence-corrected chi connectivity index (χ1v) is 19.6. The maximum absolute atomic E-state index is 12.6. The fourth-order valence-corrected chi connectivity index (χ4v) is 7.84. The van der Waals surface area contributed by atoms with E-state index >= 15 is 0 Å². The van der Waals surface area contributed by atoms with Crippen molar-refractivity contribution in [3.63, 3.8) is 0 Å². The number of alkyl halides is 1. The zero-order valence-electron chi connectivity index (χ0n) is 31.2. The van der Waals surface area contributed by atoms with E-state index in [9.17, 15) is 13.5 Å². The van der Waals surface area contributed by atoms with Crippen LogP contribution in [0.25, 0.3) is 0 Å². The van der Waals surface area contributed by atoms with Crippen molar-refractivity contribution < 1.29 is 134 Å². The molecule has 0 fully saturated rings. The van der Waals surface area contributed by atoms with Crippen LogP contribution in [0.2, 0.25) is 15.7 Å². The average molecular weight is 831 g/mol. The van der Waals surface area contributed by atoms with E-state index in [4.69, 9.17) is 52.0 Å². The minimum absolute atomic E-state index is 0. The number of nitrogens with two attached hydrogens (primary N) is 1. The summed E-state index contributed by atoms with van der Waals surface area (Å²) < 4.78 is 40.0. The predicted octanol–water partition coefficient (Wildman–Crippen LogP) is 0.796. The van der Waals surface area contributed by atoms with Crippen LogP contribution >= 0.6 is 49.1 Å². The number of nitrogens with one attached hydrogen (secondary N) is 1. The molecule has 2 aromatic heterocycles. The Morgan fingerprint density at radius 1 is 0.857 bits per heavy atom. The fourth-order valence-electron chi connectivity index (χ4n) is 3.99. The average Bonchev–Trinajstić information content (AvgIpc) is 2.97. The number of halogens is 4. The molecule has 11 nitrogen and oxygen atoms in total. The van der Waals surface area contributed by atoms with Crippen LogP contribution < -0.4 is 130 Å². The minimum atomic E-state index is -2.41. The van der Waals surface area contributed by atoms with Gasteiger partial charge in [0.1, 0.15) is 25.3 Å². The van der Waals surface area contributed by atoms with E-state index in [2.05, 4.69) is 30.1 Å². The maximum atomic E-state index is 12.6. The standard InChI is InChI=1S/C14H17ClN3OP.C10H16NOP.C4H2Cl2N2.CH3F.CH2O3.2K.H/c1-9-5-6-11(13(10(9)2)20(3,4)19)17-12-7-8-16-14(15)18-12;1-7-5-6-9(11)10(8(7)2)13(3,4)12;5-3-1-2-7-4(6)8-3;1-2;2-1-4-3;;;/h5-8H,1-4H3,(H,16,17,18);5-6H,11H2,1-4H3;1-2H;1H3;1,3H;;;/q;;;;;2*+1;-1/p-1/i;;;1D;;;;. The van der Waals surface area contributed by atoms with Crippen molar-refractivity contribution in [2.75, 3.05) is 44.9 Å². The van der Waals surface area contributed by atoms with Crippen molar-refractivity contribution in [3.05, 3.63) is 86.8 Å². The van der Waals surface area contributed by atoms with E-state index in [0.29, 0.717) is 16.7 Å². The molecule has 4 aromatic rings. The van der Waals surface area contributed by atoms with Gasteiger partial charge in [0.25, 0.3) is 6.47 Å². The number of nitrogen functional groups attached to an aromatic ring is 1. The number of carbonyl (C=O) groups excluding carboxylic acids is 1. The number of aromatic nitrogens is 4. The number of nitrogens with zero attached hydrogens (tertiary/aromatic N) is 4. The predicted molar refractivity (Wildman–Crippen MR) is 192 cm³/mol. The summed E-state index contributed by atoms with van der Waals surface area (Å²) in [5.41, 5.74) is 11.6. The molecular formula is C30H40Cl3FK2N6O5P2. The Balaban J connectivity index is -0.000000308. The summed E-state index contributed by atoms with van der Waals surface area (Å²) in [6.07, 6.45) is 3.08. The molecule has 0 spiro atoms. The Labute approximate surface area is 390 Å². The summed E-state index contributed by atoms with van der Waals surface area (Å²) in [6.45, 7) is 14.9. The molecule has 0 saturated heterocycles. The Morgan fingerprint density at radius 3 is 1.65 bits per heavy atom. The summed E-state index contributed by atoms with van der Waals surface area (Å²) >= 11 is 16.5. The largest absolute Gasteiger partial charge is 1.00 e. The number of hydrogen-bond donors (Lipinski definition) is 2. The van der Waals surface area contributed by atoms with Crippen molar-refractivity contribution in [1.82, 2.24) is 19.9 Å². The topological polar surface area (TPSA) is 173 Å². The van der Waals surface area contributed by atoms with E-state index in [1.807, 2.05) is 52.0 Å². The van der Waals surface area contributed by atoms with Crippen molar-refractivity contribution in [2.45, 2.75) is 27.7 Å². The van der Waals surface area contributed by atoms with E-state index in [-0.39, 0.29) is 121 Å². The van der Waals surface area contributed by atoms with Crippen LogP contribution in [0.1, 0.15) is 25.1 Å². The van der Waals surface area contributed by atoms with E-state index in [1.165, 1.54) is 6.20 Å². The first-order chi connectivity index (χ1) is 22.2. The molecule has 0 atom stereocenters. The van der Waals surface area contributed by atoms with Crippen LogP contribution in [0.3, 0.4) is 0 Å². The second kappa shape index (κ2) is 26.9. The monoisotopic (exact) mass is 829 g/mol. The van der Waals surface area contributed by atoms with Crippen LogP contribution in [0.15, 0.2) is 48.8 Å². The van der Waals surface area contributed by atoms with Gasteiger partial charge in [-0.15, -0.1) is 0 Å². The van der Waals surface area contributed by atoms with Crippen LogP contribution in [-0.4, -0.2) is 60.2 Å². The number of rotatable bonds is 5. The molecular weight excluding hydrogens is 790 g/mol. The molecule has 4 rings (SSSR count). The molecule has 0 unspecified atom stereocenters. The molecule has 3 N–H and O–H groups in total. The van der Waals surface area contributed by atoms with Gasteiger partial charge in [-0.1, -0.05) is 23.7 Å². The van der Waals surface area contributed by atoms with Crippen molar-refractivity contribution >= 4 is 83.4 Å². The molecule has 2 aromatic carbocycles. The van der Waals surface area contributed by atoms with Crippen LogP contribution in [0.5, 0.6) is 0 Å². The van der Waals surface area contributed by atoms with Crippen LogP contribution in [0.4, 0.5) is 21.6 Å². The third kappa shape index (κ3) is 20.3. The smallest absolute Gasteiger partial charge is 1.00 e. The number of carbonyl (C=O) groups is 1. The molecule has 0 aliphatic carbocycles. The quantitative estimate of drug-likeness (QED) is 0.0426. The Kier molecular flexibility index (Phi) is 28.1. The second-order valence-electron chi connectivity index (χ2n) is 10.2. The molecule has 0 aliphatic rings. The van der Waals surface area contributed by atoms with Gasteiger partial charge in [0.05, 0.1) is 14.2 Å². The van der Waals surface area contributed by atoms with E-state index < -0.39 is 21.4 Å². The van der Waals surface area contributed by atoms with Gasteiger partial charge in [-0.25, -0.2) is 19.9 Å². The summed E-state index contributed by atoms with van der Waals surface area (Å²) in [5, 5.41) is 14.0. The Bertz CT molecular complexity index is 1730. The summed E-state index contributed by atoms with van der Waals surface area (Å²) in [6, 6.07) is 11.0. The number of hydrogen-bond acceptors (Lipinski definition) is 11. The van der Waals surface area contributed by atoms with Gasteiger partial charge < -0.3 is 31.8 Å². The van der Waals surface area contributed by atoms with Gasteiger partial charge >= 0.3 is 103 Å². The van der Waals surface area contributed by atoms with Gasteiger partial charge in [-0.3, -0.25) is 9.18 Å². The molecule has 19 heteroatoms. The SMILES string of the molecule is Cc1ccc(N)c(P(C)(C)=O)c1C.Cc1ccc(Nc2ccnc(Cl)n2)c(P(C)(C)=O)c1C.Clc1ccnc(Cl)n1.O=CO[O-].[2H]CF.[H-].[K+].[K+]. The number of aryl methyl sites for hydroxylation is 2. The second-order valence-corrected chi connectivity index (χ2v) is 17.6. The first kappa shape index (κ1) is 51.3. The molecule has 0 amide bonds. The molecule has 2 heterocycles. The number of anilines is 3. The molecule has 49 heavy (non-hydrogen) atoms. The summed E-state index contributed by atoms with van der Waals surface area (Å²) in [4.78, 5) is 26.4. The van der Waals surface area contributed by atoms with Gasteiger partial charge in [0, 0.05) is 28.7 Å². The molecule has 0 saturated carbocycles. The minimum Gasteiger partial charge on any atom is -1.00 e. The zero-order valence-corrected chi connectivity index (χ0v) is 39.5. The van der Waals surface area contributed by atoms with Gasteiger partial charge in [0.15, 0.2) is 0 Å². The molecule has 0 radical (unpaired) electrons. The third-order valence-corrected chi connectivity index (χ3v) is 9.93. The zero-order chi connectivity index (χ0) is 37.2. The summed E-state index contributed by atoms with van der Waals surface area (Å²) in [5.74, 6) is 0.586. The molecule has 260 valence electrons. The van der Waals surface area contributed by atoms with Crippen LogP contribution in [-0.2, 0) is 18.8 Å². The number of benzene rings is 2. The maximum Gasteiger partial charge on any atom is 1.00 e. The normalized spacial score (nSPS) is 10.1. The van der Waals surface area contributed by atoms with Gasteiger partial charge in [0.2, 0.25) is 10.6 Å². The Hall–Kier alpha value is 0.163. The van der Waals surface area contributed by atoms with E-state index in [0.717, 1.165) is 38.6 Å². The van der Waals surface area contributed by atoms with E-state index in [1.54, 1.807) is 45.0 Å². The van der Waals surface area contributed by atoms with Gasteiger partial charge in [-0.05, 0) is 124 Å². The summed E-state index contributed by atoms with van der Waals surface area (Å²) in [7, 11) is -5.65. The van der Waals surface area contributed by atoms with Crippen molar-refractivity contribution in [3.8, 4) is 0 Å². The van der Waals surface area contributed by atoms with Crippen LogP contribution in [0, 0.1) is 27.7 Å². The first-order valence-electron chi connectivity index (χ1n) is 14.0. The fraction of sp³-hybridized carbons (Fsp3) is 0.300.